The molecule has 2 aliphatic rings. The SMILES string of the molecule is CCCCCCCN1[C@@H]2CC[C@H]1[C@@H](O)CC[C@@H]2O. The van der Waals surface area contributed by atoms with E-state index in [9.17, 15) is 10.2 Å². The molecule has 106 valence electrons. The fraction of sp³-hybridized carbons (Fsp3) is 1.00. The largest absolute Gasteiger partial charge is 0.391 e. The summed E-state index contributed by atoms with van der Waals surface area (Å²) in [5, 5.41) is 20.3. The van der Waals surface area contributed by atoms with Crippen molar-refractivity contribution in [1.82, 2.24) is 4.90 Å². The van der Waals surface area contributed by atoms with Gasteiger partial charge in [-0.2, -0.15) is 0 Å². The van der Waals surface area contributed by atoms with Crippen molar-refractivity contribution in [2.45, 2.75) is 89.0 Å². The number of hydrogen-bond acceptors (Lipinski definition) is 3. The molecule has 2 bridgehead atoms. The van der Waals surface area contributed by atoms with E-state index in [-0.39, 0.29) is 12.2 Å². The average molecular weight is 255 g/mol. The molecule has 2 heterocycles. The molecule has 0 radical (unpaired) electrons. The Morgan fingerprint density at radius 2 is 1.39 bits per heavy atom. The van der Waals surface area contributed by atoms with Gasteiger partial charge in [-0.05, 0) is 38.6 Å². The number of aliphatic hydroxyl groups is 2. The second-order valence-electron chi connectivity index (χ2n) is 6.08. The number of hydrogen-bond donors (Lipinski definition) is 2. The van der Waals surface area contributed by atoms with Crippen LogP contribution >= 0.6 is 0 Å². The molecule has 2 rings (SSSR count). The van der Waals surface area contributed by atoms with Crippen molar-refractivity contribution in [2.24, 2.45) is 0 Å². The summed E-state index contributed by atoms with van der Waals surface area (Å²) < 4.78 is 0. The van der Waals surface area contributed by atoms with E-state index in [4.69, 9.17) is 0 Å². The minimum Gasteiger partial charge on any atom is -0.391 e. The Labute approximate surface area is 111 Å². The number of fused-ring (bicyclic) bond motifs is 2. The number of aliphatic hydroxyl groups excluding tert-OH is 2. The van der Waals surface area contributed by atoms with Crippen LogP contribution in [0.1, 0.15) is 64.7 Å². The highest BCUT2D eigenvalue weighted by atomic mass is 16.3. The van der Waals surface area contributed by atoms with Gasteiger partial charge >= 0.3 is 0 Å². The molecule has 3 heteroatoms. The number of nitrogens with zero attached hydrogens (tertiary/aromatic N) is 1. The zero-order chi connectivity index (χ0) is 13.0. The minimum atomic E-state index is -0.220. The van der Waals surface area contributed by atoms with Crippen LogP contribution in [0.4, 0.5) is 0 Å². The smallest absolute Gasteiger partial charge is 0.0696 e. The van der Waals surface area contributed by atoms with Gasteiger partial charge in [0.1, 0.15) is 0 Å². The molecule has 0 saturated carbocycles. The van der Waals surface area contributed by atoms with Gasteiger partial charge < -0.3 is 10.2 Å². The number of rotatable bonds is 6. The van der Waals surface area contributed by atoms with E-state index in [1.54, 1.807) is 0 Å². The Hall–Kier alpha value is -0.120. The van der Waals surface area contributed by atoms with E-state index in [1.165, 1.54) is 32.1 Å². The van der Waals surface area contributed by atoms with Gasteiger partial charge in [0.15, 0.2) is 0 Å². The first-order chi connectivity index (χ1) is 8.74. The van der Waals surface area contributed by atoms with Crippen LogP contribution in [0.15, 0.2) is 0 Å². The monoisotopic (exact) mass is 255 g/mol. The van der Waals surface area contributed by atoms with Gasteiger partial charge in [0.05, 0.1) is 12.2 Å². The Bertz CT molecular complexity index is 229. The highest BCUT2D eigenvalue weighted by Crippen LogP contribution is 2.34. The van der Waals surface area contributed by atoms with Crippen LogP contribution in [0.3, 0.4) is 0 Å². The van der Waals surface area contributed by atoms with Crippen LogP contribution in [0.2, 0.25) is 0 Å². The van der Waals surface area contributed by atoms with Crippen molar-refractivity contribution in [3.63, 3.8) is 0 Å². The maximum absolute atomic E-state index is 10.2. The van der Waals surface area contributed by atoms with E-state index in [0.717, 1.165) is 32.2 Å². The zero-order valence-corrected chi connectivity index (χ0v) is 11.7. The molecule has 0 spiro atoms. The first-order valence-corrected chi connectivity index (χ1v) is 7.86. The van der Waals surface area contributed by atoms with Crippen molar-refractivity contribution < 1.29 is 10.2 Å². The molecule has 0 amide bonds. The predicted octanol–water partition coefficient (Wildman–Crippen LogP) is 2.31. The fourth-order valence-electron chi connectivity index (χ4n) is 3.70. The van der Waals surface area contributed by atoms with E-state index in [0.29, 0.717) is 12.1 Å². The second kappa shape index (κ2) is 6.88. The Kier molecular flexibility index (Phi) is 5.46. The molecule has 0 aromatic rings. The van der Waals surface area contributed by atoms with Crippen LogP contribution in [0, 0.1) is 0 Å². The molecule has 0 aliphatic carbocycles. The molecule has 18 heavy (non-hydrogen) atoms. The summed E-state index contributed by atoms with van der Waals surface area (Å²) in [5.74, 6) is 0. The van der Waals surface area contributed by atoms with Gasteiger partial charge in [-0.25, -0.2) is 0 Å². The summed E-state index contributed by atoms with van der Waals surface area (Å²) in [6, 6.07) is 0.636. The quantitative estimate of drug-likeness (QED) is 0.716. The zero-order valence-electron chi connectivity index (χ0n) is 11.7. The van der Waals surface area contributed by atoms with Gasteiger partial charge in [0, 0.05) is 12.1 Å². The van der Waals surface area contributed by atoms with Crippen LogP contribution in [0.5, 0.6) is 0 Å². The van der Waals surface area contributed by atoms with Crippen molar-refractivity contribution in [2.75, 3.05) is 6.54 Å². The summed E-state index contributed by atoms with van der Waals surface area (Å²) in [4.78, 5) is 2.41. The maximum atomic E-state index is 10.2. The maximum Gasteiger partial charge on any atom is 0.0696 e. The van der Waals surface area contributed by atoms with Crippen LogP contribution < -0.4 is 0 Å². The third kappa shape index (κ3) is 3.25. The highest BCUT2D eigenvalue weighted by Gasteiger charge is 2.42. The van der Waals surface area contributed by atoms with E-state index < -0.39 is 0 Å². The lowest BCUT2D eigenvalue weighted by Gasteiger charge is -2.31. The topological polar surface area (TPSA) is 43.7 Å². The van der Waals surface area contributed by atoms with Crippen molar-refractivity contribution in [1.29, 1.82) is 0 Å². The van der Waals surface area contributed by atoms with E-state index >= 15 is 0 Å². The van der Waals surface area contributed by atoms with Crippen LogP contribution in [-0.4, -0.2) is 45.9 Å². The summed E-state index contributed by atoms with van der Waals surface area (Å²) in [5.41, 5.74) is 0. The third-order valence-corrected chi connectivity index (χ3v) is 4.78. The molecule has 2 saturated heterocycles. The van der Waals surface area contributed by atoms with Crippen LogP contribution in [0.25, 0.3) is 0 Å². The molecular formula is C15H29NO2. The molecule has 2 fully saturated rings. The molecular weight excluding hydrogens is 226 g/mol. The summed E-state index contributed by atoms with van der Waals surface area (Å²) in [6.07, 6.45) is 9.68. The lowest BCUT2D eigenvalue weighted by Crippen LogP contribution is -2.44. The lowest BCUT2D eigenvalue weighted by molar-refractivity contribution is 0.0469. The molecule has 2 N–H and O–H groups in total. The van der Waals surface area contributed by atoms with E-state index in [1.807, 2.05) is 0 Å². The molecule has 0 aromatic carbocycles. The van der Waals surface area contributed by atoms with Gasteiger partial charge in [-0.15, -0.1) is 0 Å². The molecule has 4 atom stereocenters. The molecule has 0 unspecified atom stereocenters. The Morgan fingerprint density at radius 3 is 1.94 bits per heavy atom. The van der Waals surface area contributed by atoms with Crippen LogP contribution in [-0.2, 0) is 0 Å². The number of unbranched alkanes of at least 4 members (excludes halogenated alkanes) is 4. The van der Waals surface area contributed by atoms with Gasteiger partial charge in [-0.1, -0.05) is 32.6 Å². The Morgan fingerprint density at radius 1 is 0.833 bits per heavy atom. The normalized spacial score (nSPS) is 36.8. The van der Waals surface area contributed by atoms with E-state index in [2.05, 4.69) is 11.8 Å². The Balaban J connectivity index is 1.82. The minimum absolute atomic E-state index is 0.220. The lowest BCUT2D eigenvalue weighted by atomic mass is 9.97. The third-order valence-electron chi connectivity index (χ3n) is 4.78. The van der Waals surface area contributed by atoms with Crippen molar-refractivity contribution in [3.8, 4) is 0 Å². The first kappa shape index (κ1) is 14.3. The standard InChI is InChI=1S/C15H29NO2/c1-2-3-4-5-6-11-16-12-7-8-13(16)15(18)10-9-14(12)17/h12-15,17-18H,2-11H2,1H3/t12-,13+,14-,15-/m0/s1. The molecule has 2 aliphatic heterocycles. The van der Waals surface area contributed by atoms with Gasteiger partial charge in [0.2, 0.25) is 0 Å². The van der Waals surface area contributed by atoms with Gasteiger partial charge in [-0.3, -0.25) is 4.90 Å². The van der Waals surface area contributed by atoms with Crippen molar-refractivity contribution in [3.05, 3.63) is 0 Å². The second-order valence-corrected chi connectivity index (χ2v) is 6.08. The summed E-state index contributed by atoms with van der Waals surface area (Å²) in [6.45, 7) is 3.30. The average Bonchev–Trinajstić information content (AvgIpc) is 2.74. The van der Waals surface area contributed by atoms with Crippen molar-refractivity contribution >= 4 is 0 Å². The predicted molar refractivity (Wildman–Crippen MR) is 73.5 cm³/mol. The summed E-state index contributed by atoms with van der Waals surface area (Å²) >= 11 is 0. The molecule has 3 nitrogen and oxygen atoms in total. The van der Waals surface area contributed by atoms with Gasteiger partial charge in [0.25, 0.3) is 0 Å². The highest BCUT2D eigenvalue weighted by molar-refractivity contribution is 4.97. The first-order valence-electron chi connectivity index (χ1n) is 7.86. The fourth-order valence-corrected chi connectivity index (χ4v) is 3.70. The molecule has 0 aromatic heterocycles. The summed E-state index contributed by atoms with van der Waals surface area (Å²) in [7, 11) is 0.